The number of fused-ring (bicyclic) bond motifs is 1. The van der Waals surface area contributed by atoms with Crippen LogP contribution >= 0.6 is 12.2 Å². The Labute approximate surface area is 143 Å². The Morgan fingerprint density at radius 3 is 2.75 bits per heavy atom. The monoisotopic (exact) mass is 333 g/mol. The molecule has 4 aromatic rings. The van der Waals surface area contributed by atoms with Gasteiger partial charge in [0, 0.05) is 28.2 Å². The van der Waals surface area contributed by atoms with Gasteiger partial charge in [-0.3, -0.25) is 0 Å². The first-order valence-electron chi connectivity index (χ1n) is 7.57. The first-order chi connectivity index (χ1) is 11.7. The van der Waals surface area contributed by atoms with E-state index in [9.17, 15) is 0 Å². The van der Waals surface area contributed by atoms with Crippen molar-refractivity contribution in [2.24, 2.45) is 5.10 Å². The third-order valence-electron chi connectivity index (χ3n) is 3.89. The maximum atomic E-state index is 5.31. The lowest BCUT2D eigenvalue weighted by atomic mass is 10.1. The van der Waals surface area contributed by atoms with Gasteiger partial charge in [0.25, 0.3) is 0 Å². The number of rotatable bonds is 3. The minimum atomic E-state index is 0.460. The Hall–Kier alpha value is -2.99. The minimum Gasteiger partial charge on any atom is -0.361 e. The fourth-order valence-corrected chi connectivity index (χ4v) is 2.79. The van der Waals surface area contributed by atoms with E-state index in [-0.39, 0.29) is 0 Å². The van der Waals surface area contributed by atoms with E-state index < -0.39 is 0 Å². The first kappa shape index (κ1) is 14.6. The van der Waals surface area contributed by atoms with Crippen molar-refractivity contribution >= 4 is 29.3 Å². The van der Waals surface area contributed by atoms with E-state index in [1.807, 2.05) is 48.7 Å². The second kappa shape index (κ2) is 5.90. The summed E-state index contributed by atoms with van der Waals surface area (Å²) >= 11 is 5.31. The standard InChI is InChI=1S/C18H15N5S/c1-12-6-8-13(9-7-12)17-21-22-18(24)23(17)20-11-14-10-19-16-5-3-2-4-15(14)16/h2-11,19H,1H3,(H,22,24). The molecule has 0 aliphatic rings. The molecule has 2 aromatic heterocycles. The highest BCUT2D eigenvalue weighted by atomic mass is 32.1. The molecule has 0 amide bonds. The zero-order valence-corrected chi connectivity index (χ0v) is 13.8. The van der Waals surface area contributed by atoms with E-state index in [0.29, 0.717) is 10.6 Å². The van der Waals surface area contributed by atoms with E-state index in [0.717, 1.165) is 22.0 Å². The minimum absolute atomic E-state index is 0.460. The molecule has 2 heterocycles. The zero-order valence-electron chi connectivity index (χ0n) is 13.0. The van der Waals surface area contributed by atoms with Crippen molar-refractivity contribution in [3.8, 4) is 11.4 Å². The molecule has 6 heteroatoms. The summed E-state index contributed by atoms with van der Waals surface area (Å²) in [5.41, 5.74) is 4.24. The molecule has 0 saturated heterocycles. The molecular weight excluding hydrogens is 318 g/mol. The molecule has 24 heavy (non-hydrogen) atoms. The molecular formula is C18H15N5S. The smallest absolute Gasteiger partial charge is 0.216 e. The van der Waals surface area contributed by atoms with Crippen LogP contribution in [-0.4, -0.2) is 26.1 Å². The van der Waals surface area contributed by atoms with Gasteiger partial charge in [-0.15, -0.1) is 0 Å². The van der Waals surface area contributed by atoms with Gasteiger partial charge in [-0.2, -0.15) is 14.9 Å². The molecule has 0 bridgehead atoms. The predicted octanol–water partition coefficient (Wildman–Crippen LogP) is 4.28. The Morgan fingerprint density at radius 1 is 1.12 bits per heavy atom. The molecule has 2 N–H and O–H groups in total. The van der Waals surface area contributed by atoms with Crippen molar-refractivity contribution in [2.45, 2.75) is 6.92 Å². The van der Waals surface area contributed by atoms with Gasteiger partial charge < -0.3 is 4.98 Å². The Bertz CT molecular complexity index is 1080. The molecule has 0 spiro atoms. The average Bonchev–Trinajstić information content (AvgIpc) is 3.17. The highest BCUT2D eigenvalue weighted by molar-refractivity contribution is 7.71. The molecule has 0 fully saturated rings. The van der Waals surface area contributed by atoms with Crippen LogP contribution in [0.15, 0.2) is 59.8 Å². The van der Waals surface area contributed by atoms with Gasteiger partial charge >= 0.3 is 0 Å². The van der Waals surface area contributed by atoms with Crippen LogP contribution in [0.3, 0.4) is 0 Å². The predicted molar refractivity (Wildman–Crippen MR) is 98.9 cm³/mol. The molecule has 2 aromatic carbocycles. The number of hydrogen-bond acceptors (Lipinski definition) is 3. The average molecular weight is 333 g/mol. The van der Waals surface area contributed by atoms with Crippen LogP contribution in [0.25, 0.3) is 22.3 Å². The van der Waals surface area contributed by atoms with Crippen molar-refractivity contribution in [1.82, 2.24) is 19.9 Å². The molecule has 118 valence electrons. The number of para-hydroxylation sites is 1. The van der Waals surface area contributed by atoms with Crippen molar-refractivity contribution in [1.29, 1.82) is 0 Å². The van der Waals surface area contributed by atoms with Crippen LogP contribution < -0.4 is 0 Å². The second-order valence-electron chi connectivity index (χ2n) is 5.56. The van der Waals surface area contributed by atoms with Gasteiger partial charge in [0.2, 0.25) is 4.77 Å². The van der Waals surface area contributed by atoms with E-state index in [1.165, 1.54) is 5.56 Å². The van der Waals surface area contributed by atoms with Crippen molar-refractivity contribution < 1.29 is 0 Å². The number of hydrogen-bond donors (Lipinski definition) is 2. The quantitative estimate of drug-likeness (QED) is 0.434. The summed E-state index contributed by atoms with van der Waals surface area (Å²) in [4.78, 5) is 3.24. The lowest BCUT2D eigenvalue weighted by Crippen LogP contribution is -1.94. The number of aryl methyl sites for hydroxylation is 1. The van der Waals surface area contributed by atoms with Crippen molar-refractivity contribution in [3.05, 3.63) is 70.6 Å². The molecule has 5 nitrogen and oxygen atoms in total. The van der Waals surface area contributed by atoms with Crippen LogP contribution in [0, 0.1) is 11.7 Å². The van der Waals surface area contributed by atoms with Crippen LogP contribution in [0.2, 0.25) is 0 Å². The van der Waals surface area contributed by atoms with Crippen molar-refractivity contribution in [3.63, 3.8) is 0 Å². The van der Waals surface area contributed by atoms with Crippen molar-refractivity contribution in [2.75, 3.05) is 0 Å². The maximum Gasteiger partial charge on any atom is 0.216 e. The molecule has 0 radical (unpaired) electrons. The molecule has 4 rings (SSSR count). The van der Waals surface area contributed by atoms with Crippen LogP contribution in [0.5, 0.6) is 0 Å². The van der Waals surface area contributed by atoms with E-state index in [4.69, 9.17) is 12.2 Å². The Balaban J connectivity index is 1.76. The van der Waals surface area contributed by atoms with Crippen LogP contribution in [-0.2, 0) is 0 Å². The fourth-order valence-electron chi connectivity index (χ4n) is 2.61. The summed E-state index contributed by atoms with van der Waals surface area (Å²) in [7, 11) is 0. The molecule has 0 aliphatic heterocycles. The Morgan fingerprint density at radius 2 is 1.92 bits per heavy atom. The van der Waals surface area contributed by atoms with E-state index in [2.05, 4.69) is 33.3 Å². The van der Waals surface area contributed by atoms with Crippen LogP contribution in [0.1, 0.15) is 11.1 Å². The van der Waals surface area contributed by atoms with Gasteiger partial charge in [-0.1, -0.05) is 48.0 Å². The van der Waals surface area contributed by atoms with Gasteiger partial charge in [-0.25, -0.2) is 5.10 Å². The number of nitrogens with one attached hydrogen (secondary N) is 2. The molecule has 0 unspecified atom stereocenters. The van der Waals surface area contributed by atoms with E-state index >= 15 is 0 Å². The summed E-state index contributed by atoms with van der Waals surface area (Å²) in [5, 5.41) is 12.8. The zero-order chi connectivity index (χ0) is 16.5. The maximum absolute atomic E-state index is 5.31. The molecule has 0 atom stereocenters. The van der Waals surface area contributed by atoms with Gasteiger partial charge in [0.1, 0.15) is 0 Å². The number of H-pyrrole nitrogens is 2. The lowest BCUT2D eigenvalue weighted by Gasteiger charge is -2.01. The normalized spacial score (nSPS) is 11.5. The largest absolute Gasteiger partial charge is 0.361 e. The van der Waals surface area contributed by atoms with Gasteiger partial charge in [0.15, 0.2) is 5.82 Å². The number of nitrogens with zero attached hydrogens (tertiary/aromatic N) is 3. The first-order valence-corrected chi connectivity index (χ1v) is 7.98. The molecule has 0 saturated carbocycles. The molecule has 0 aliphatic carbocycles. The second-order valence-corrected chi connectivity index (χ2v) is 5.95. The lowest BCUT2D eigenvalue weighted by molar-refractivity contribution is 0.872. The number of aromatic amines is 2. The number of benzene rings is 2. The summed E-state index contributed by atoms with van der Waals surface area (Å²) in [6.45, 7) is 2.05. The van der Waals surface area contributed by atoms with Gasteiger partial charge in [0.05, 0.1) is 6.21 Å². The summed E-state index contributed by atoms with van der Waals surface area (Å²) < 4.78 is 2.10. The highest BCUT2D eigenvalue weighted by Crippen LogP contribution is 2.19. The topological polar surface area (TPSA) is 61.8 Å². The SMILES string of the molecule is Cc1ccc(-c2n[nH]c(=S)n2N=Cc2c[nH]c3ccccc23)cc1. The van der Waals surface area contributed by atoms with Gasteiger partial charge in [-0.05, 0) is 25.2 Å². The summed E-state index contributed by atoms with van der Waals surface area (Å²) in [6.07, 6.45) is 3.73. The Kier molecular flexibility index (Phi) is 3.59. The fraction of sp³-hybridized carbons (Fsp3) is 0.0556. The highest BCUT2D eigenvalue weighted by Gasteiger charge is 2.08. The van der Waals surface area contributed by atoms with Crippen LogP contribution in [0.4, 0.5) is 0 Å². The third-order valence-corrected chi connectivity index (χ3v) is 4.16. The number of aromatic nitrogens is 4. The summed E-state index contributed by atoms with van der Waals surface area (Å²) in [6, 6.07) is 16.2. The van der Waals surface area contributed by atoms with E-state index in [1.54, 1.807) is 10.9 Å². The third kappa shape index (κ3) is 2.57. The summed E-state index contributed by atoms with van der Waals surface area (Å²) in [5.74, 6) is 0.691.